The average molecular weight is 888 g/mol. The number of benzene rings is 3. The van der Waals surface area contributed by atoms with Crippen molar-refractivity contribution in [2.45, 2.75) is 77.7 Å². The summed E-state index contributed by atoms with van der Waals surface area (Å²) in [4.78, 5) is 71.4. The summed E-state index contributed by atoms with van der Waals surface area (Å²) in [5, 5.41) is 14.7. The average Bonchev–Trinajstić information content (AvgIpc) is 3.49. The highest BCUT2D eigenvalue weighted by molar-refractivity contribution is 6.31. The van der Waals surface area contributed by atoms with Crippen molar-refractivity contribution < 1.29 is 41.9 Å². The number of ether oxygens (including phenoxy) is 1. The lowest BCUT2D eigenvalue weighted by molar-refractivity contribution is -0.164. The molecule has 0 spiro atoms. The molecule has 4 aliphatic heterocycles. The van der Waals surface area contributed by atoms with E-state index in [-0.39, 0.29) is 52.3 Å². The Morgan fingerprint density at radius 2 is 1.56 bits per heavy atom. The maximum absolute atomic E-state index is 14.7. The Balaban J connectivity index is 0.844. The standard InChI is InChI=1S/C46H49ClF3N7O6/c1-44(2)42(45(3,4)43(44)63-30-8-5-28(24-51)34(47)23-30)53-38(59)27-6-10-35(33(21-27)46(48,49)50)56-15-13-26(14-16-56)25-54-17-19-55(20-18-54)29-7-9-31-32(22-29)41(62)57(40(31)61)36-11-12-37(58)52-39(36)60/h5-10,21-23,26,36,42-43H,11-20,25H2,1-4H3,(H,53,59)(H,52,58,60). The monoisotopic (exact) mass is 887 g/mol. The van der Waals surface area contributed by atoms with E-state index < -0.39 is 64.2 Å². The van der Waals surface area contributed by atoms with E-state index in [1.807, 2.05) is 33.8 Å². The second kappa shape index (κ2) is 16.5. The van der Waals surface area contributed by atoms with Crippen LogP contribution in [0.15, 0.2) is 54.6 Å². The zero-order valence-corrected chi connectivity index (χ0v) is 36.2. The van der Waals surface area contributed by atoms with Gasteiger partial charge in [-0.2, -0.15) is 18.4 Å². The molecule has 0 bridgehead atoms. The number of nitrogens with zero attached hydrogens (tertiary/aromatic N) is 5. The van der Waals surface area contributed by atoms with Crippen LogP contribution in [0.4, 0.5) is 24.5 Å². The fourth-order valence-electron chi connectivity index (χ4n) is 10.6. The van der Waals surface area contributed by atoms with Crippen LogP contribution in [-0.4, -0.2) is 103 Å². The zero-order chi connectivity index (χ0) is 45.2. The molecule has 13 nitrogen and oxygen atoms in total. The number of carbonyl (C=O) groups excluding carboxylic acids is 5. The van der Waals surface area contributed by atoms with Gasteiger partial charge in [-0.25, -0.2) is 0 Å². The molecule has 3 aromatic rings. The second-order valence-electron chi connectivity index (χ2n) is 18.4. The largest absolute Gasteiger partial charge is 0.489 e. The minimum Gasteiger partial charge on any atom is -0.489 e. The van der Waals surface area contributed by atoms with Gasteiger partial charge in [0.1, 0.15) is 24.0 Å². The molecule has 1 atom stereocenters. The first-order chi connectivity index (χ1) is 29.8. The van der Waals surface area contributed by atoms with Gasteiger partial charge in [-0.05, 0) is 73.7 Å². The molecule has 8 rings (SSSR count). The first kappa shape index (κ1) is 44.0. The van der Waals surface area contributed by atoms with E-state index in [1.54, 1.807) is 41.3 Å². The summed E-state index contributed by atoms with van der Waals surface area (Å²) in [6.07, 6.45) is -3.52. The van der Waals surface area contributed by atoms with Crippen LogP contribution in [0, 0.1) is 28.1 Å². The van der Waals surface area contributed by atoms with Crippen molar-refractivity contribution in [1.29, 1.82) is 5.26 Å². The molecule has 3 aromatic carbocycles. The number of nitriles is 1. The van der Waals surface area contributed by atoms with E-state index in [0.29, 0.717) is 50.3 Å². The third-order valence-electron chi connectivity index (χ3n) is 13.6. The Morgan fingerprint density at radius 3 is 2.19 bits per heavy atom. The topological polar surface area (TPSA) is 155 Å². The minimum atomic E-state index is -4.69. The Hall–Kier alpha value is -5.66. The Morgan fingerprint density at radius 1 is 0.873 bits per heavy atom. The van der Waals surface area contributed by atoms with Gasteiger partial charge < -0.3 is 19.9 Å². The number of hydrogen-bond donors (Lipinski definition) is 2. The smallest absolute Gasteiger partial charge is 0.418 e. The number of fused-ring (bicyclic) bond motifs is 1. The lowest BCUT2D eigenvalue weighted by Gasteiger charge is -2.63. The van der Waals surface area contributed by atoms with Gasteiger partial charge in [0.2, 0.25) is 11.8 Å². The van der Waals surface area contributed by atoms with Crippen LogP contribution in [0.25, 0.3) is 0 Å². The molecule has 1 saturated carbocycles. The van der Waals surface area contributed by atoms with Crippen molar-refractivity contribution in [3.05, 3.63) is 87.4 Å². The molecule has 63 heavy (non-hydrogen) atoms. The van der Waals surface area contributed by atoms with E-state index in [4.69, 9.17) is 16.3 Å². The number of rotatable bonds is 9. The van der Waals surface area contributed by atoms with Crippen LogP contribution < -0.4 is 25.2 Å². The van der Waals surface area contributed by atoms with Crippen LogP contribution in [0.1, 0.15) is 95.6 Å². The molecule has 17 heteroatoms. The number of nitrogens with one attached hydrogen (secondary N) is 2. The molecule has 0 radical (unpaired) electrons. The van der Waals surface area contributed by atoms with Gasteiger partial charge >= 0.3 is 6.18 Å². The van der Waals surface area contributed by atoms with Gasteiger partial charge in [0, 0.05) is 92.1 Å². The third kappa shape index (κ3) is 8.21. The summed E-state index contributed by atoms with van der Waals surface area (Å²) < 4.78 is 50.3. The van der Waals surface area contributed by atoms with E-state index >= 15 is 0 Å². The van der Waals surface area contributed by atoms with Crippen molar-refractivity contribution in [3.63, 3.8) is 0 Å². The van der Waals surface area contributed by atoms with Crippen molar-refractivity contribution in [2.75, 3.05) is 55.6 Å². The SMILES string of the molecule is CC1(C)C(NC(=O)c2ccc(N3CCC(CN4CCN(c5ccc6c(c5)C(=O)N(C5CCC(=O)NC5=O)C6=O)CC4)CC3)c(C(F)(F)F)c2)C(C)(C)C1Oc1ccc(C#N)c(Cl)c1. The Bertz CT molecular complexity index is 2400. The zero-order valence-electron chi connectivity index (χ0n) is 35.5. The van der Waals surface area contributed by atoms with Crippen LogP contribution >= 0.6 is 11.6 Å². The Kier molecular flexibility index (Phi) is 11.5. The molecule has 0 aromatic heterocycles. The number of hydrogen-bond acceptors (Lipinski definition) is 10. The molecule has 1 aliphatic carbocycles. The molecule has 2 N–H and O–H groups in total. The highest BCUT2D eigenvalue weighted by Crippen LogP contribution is 2.56. The molecule has 5 aliphatic rings. The molecule has 1 unspecified atom stereocenters. The van der Waals surface area contributed by atoms with E-state index in [2.05, 4.69) is 20.4 Å². The summed E-state index contributed by atoms with van der Waals surface area (Å²) in [6.45, 7) is 12.2. The van der Waals surface area contributed by atoms with E-state index in [9.17, 15) is 42.4 Å². The predicted octanol–water partition coefficient (Wildman–Crippen LogP) is 6.28. The Labute approximate surface area is 368 Å². The molecule has 4 heterocycles. The molecule has 5 amide bonds. The lowest BCUT2D eigenvalue weighted by Crippen LogP contribution is -2.74. The summed E-state index contributed by atoms with van der Waals surface area (Å²) in [5.74, 6) is -2.03. The number of alkyl halides is 3. The van der Waals surface area contributed by atoms with Crippen LogP contribution in [0.5, 0.6) is 5.75 Å². The van der Waals surface area contributed by atoms with E-state index in [0.717, 1.165) is 36.3 Å². The number of anilines is 2. The van der Waals surface area contributed by atoms with Gasteiger partial charge in [-0.1, -0.05) is 39.3 Å². The van der Waals surface area contributed by atoms with Crippen molar-refractivity contribution in [2.24, 2.45) is 16.7 Å². The molecular weight excluding hydrogens is 839 g/mol. The highest BCUT2D eigenvalue weighted by atomic mass is 35.5. The van der Waals surface area contributed by atoms with Crippen LogP contribution in [0.3, 0.4) is 0 Å². The maximum atomic E-state index is 14.7. The quantitative estimate of drug-likeness (QED) is 0.235. The van der Waals surface area contributed by atoms with Crippen molar-refractivity contribution in [3.8, 4) is 11.8 Å². The summed E-state index contributed by atoms with van der Waals surface area (Å²) in [7, 11) is 0. The summed E-state index contributed by atoms with van der Waals surface area (Å²) in [6, 6.07) is 14.3. The molecular formula is C46H49ClF3N7O6. The first-order valence-electron chi connectivity index (χ1n) is 21.2. The fraction of sp³-hybridized carbons (Fsp3) is 0.478. The van der Waals surface area contributed by atoms with Gasteiger partial charge in [0.05, 0.1) is 27.3 Å². The number of imide groups is 2. The van der Waals surface area contributed by atoms with Crippen LogP contribution in [0.2, 0.25) is 5.02 Å². The van der Waals surface area contributed by atoms with Crippen molar-refractivity contribution in [1.82, 2.24) is 20.4 Å². The second-order valence-corrected chi connectivity index (χ2v) is 18.8. The predicted molar refractivity (Wildman–Crippen MR) is 228 cm³/mol. The first-order valence-corrected chi connectivity index (χ1v) is 21.6. The minimum absolute atomic E-state index is 0.0475. The fourth-order valence-corrected chi connectivity index (χ4v) is 10.8. The number of piperazine rings is 1. The molecule has 4 fully saturated rings. The van der Waals surface area contributed by atoms with Crippen LogP contribution in [-0.2, 0) is 15.8 Å². The van der Waals surface area contributed by atoms with Gasteiger partial charge in [0.15, 0.2) is 0 Å². The lowest BCUT2D eigenvalue weighted by atomic mass is 9.49. The van der Waals surface area contributed by atoms with Gasteiger partial charge in [0.25, 0.3) is 17.7 Å². The number of carbonyl (C=O) groups is 5. The van der Waals surface area contributed by atoms with Crippen molar-refractivity contribution >= 4 is 52.5 Å². The molecule has 332 valence electrons. The third-order valence-corrected chi connectivity index (χ3v) is 13.9. The van der Waals surface area contributed by atoms with Gasteiger partial charge in [-0.3, -0.25) is 39.1 Å². The van der Waals surface area contributed by atoms with Gasteiger partial charge in [-0.15, -0.1) is 0 Å². The number of halogens is 4. The number of amides is 5. The van der Waals surface area contributed by atoms with E-state index in [1.165, 1.54) is 12.1 Å². The summed E-state index contributed by atoms with van der Waals surface area (Å²) in [5.41, 5.74) is -0.491. The normalized spacial score (nSPS) is 23.8. The maximum Gasteiger partial charge on any atom is 0.418 e. The molecule has 3 saturated heterocycles. The number of piperidine rings is 2. The summed E-state index contributed by atoms with van der Waals surface area (Å²) >= 11 is 6.22. The highest BCUT2D eigenvalue weighted by Gasteiger charge is 2.64.